The molecule has 2 aliphatic heterocycles. The van der Waals surface area contributed by atoms with E-state index < -0.39 is 0 Å². The molecule has 8 aromatic carbocycles. The Labute approximate surface area is 438 Å². The molecule has 0 unspecified atom stereocenters. The molecule has 366 valence electrons. The van der Waals surface area contributed by atoms with E-state index in [0.717, 1.165) is 0 Å². The molecule has 8 aliphatic rings. The van der Waals surface area contributed by atoms with Crippen molar-refractivity contribution < 1.29 is 19.2 Å². The van der Waals surface area contributed by atoms with Crippen molar-refractivity contribution in [2.75, 3.05) is 0 Å². The van der Waals surface area contributed by atoms with Gasteiger partial charge in [-0.15, -0.1) is 0 Å². The first-order valence-corrected chi connectivity index (χ1v) is 25.8. The number of benzene rings is 8. The Kier molecular flexibility index (Phi) is 11.8. The lowest BCUT2D eigenvalue weighted by Crippen LogP contribution is -2.41. The standard InChI is InChI=1S/2C26H17NO2.3C5H5N/c2*28-25-23-21-17-9-13-5-1-2-6-14(13)10-18(17)22(24(23)26(29)27-25)20-12-16-8-4-3-7-15(16)11-19(20)21;3*1-2-4-6-5-3-1/h2*1-12,21-24H,(H,27,28,29);3*1-5H/t2*21?,22?,23-,24+;;;. The Morgan fingerprint density at radius 1 is 0.237 bits per heavy atom. The molecule has 0 saturated carbocycles. The van der Waals surface area contributed by atoms with Crippen LogP contribution in [0, 0.1) is 23.7 Å². The SMILES string of the molecule is O=C1NC(=O)[C@H]2C3c4cc5ccccc5cc4C(c4cc5ccccc5cc43)[C@@H]12.O=C1NC(=O)[C@H]2C3c4cc5ccccc5cc4C(c4cc5ccccc5cc43)[C@@H]12.c1ccncc1.c1ccncc1.c1ccncc1. The van der Waals surface area contributed by atoms with Crippen LogP contribution >= 0.6 is 0 Å². The highest BCUT2D eigenvalue weighted by Gasteiger charge is 2.60. The number of hydrogen-bond donors (Lipinski definition) is 2. The molecule has 3 aromatic heterocycles. The van der Waals surface area contributed by atoms with Crippen molar-refractivity contribution in [2.45, 2.75) is 23.7 Å². The highest BCUT2D eigenvalue weighted by Crippen LogP contribution is 2.62. The third kappa shape index (κ3) is 7.99. The largest absolute Gasteiger partial charge is 0.296 e. The van der Waals surface area contributed by atoms with Crippen molar-refractivity contribution >= 4 is 66.7 Å². The van der Waals surface area contributed by atoms with Crippen molar-refractivity contribution in [3.05, 3.63) is 282 Å². The lowest BCUT2D eigenvalue weighted by molar-refractivity contribution is -0.127. The number of nitrogens with one attached hydrogen (secondary N) is 2. The molecule has 2 fully saturated rings. The summed E-state index contributed by atoms with van der Waals surface area (Å²) in [6.45, 7) is 0. The van der Waals surface area contributed by atoms with Crippen LogP contribution in [0.15, 0.2) is 237 Å². The van der Waals surface area contributed by atoms with Gasteiger partial charge in [-0.05, 0) is 124 Å². The minimum atomic E-state index is -0.310. The summed E-state index contributed by atoms with van der Waals surface area (Å²) in [5.74, 6) is -2.01. The Morgan fingerprint density at radius 3 is 0.539 bits per heavy atom. The van der Waals surface area contributed by atoms with Crippen molar-refractivity contribution in [2.24, 2.45) is 23.7 Å². The number of pyridine rings is 3. The van der Waals surface area contributed by atoms with Gasteiger partial charge in [0.1, 0.15) is 0 Å². The smallest absolute Gasteiger partial charge is 0.231 e. The van der Waals surface area contributed by atoms with Crippen molar-refractivity contribution in [3.8, 4) is 0 Å². The van der Waals surface area contributed by atoms with Gasteiger partial charge in [0.2, 0.25) is 23.6 Å². The minimum absolute atomic E-state index is 0.0735. The van der Waals surface area contributed by atoms with E-state index in [-0.39, 0.29) is 71.0 Å². The molecular weight excluding hydrogens is 939 g/mol. The number of rotatable bonds is 0. The van der Waals surface area contributed by atoms with Crippen LogP contribution in [0.2, 0.25) is 0 Å². The molecule has 0 spiro atoms. The summed E-state index contributed by atoms with van der Waals surface area (Å²) in [6, 6.07) is 68.4. The van der Waals surface area contributed by atoms with Crippen LogP contribution < -0.4 is 10.6 Å². The lowest BCUT2D eigenvalue weighted by atomic mass is 9.54. The summed E-state index contributed by atoms with van der Waals surface area (Å²) in [5.41, 5.74) is 9.69. The topological polar surface area (TPSA) is 131 Å². The van der Waals surface area contributed by atoms with Gasteiger partial charge in [-0.2, -0.15) is 0 Å². The Morgan fingerprint density at radius 2 is 0.408 bits per heavy atom. The number of hydrogen-bond acceptors (Lipinski definition) is 7. The average molecular weight is 988 g/mol. The van der Waals surface area contributed by atoms with Crippen LogP contribution in [0.25, 0.3) is 43.1 Å². The first-order valence-electron chi connectivity index (χ1n) is 25.8. The lowest BCUT2D eigenvalue weighted by Gasteiger charge is -2.46. The van der Waals surface area contributed by atoms with E-state index in [0.29, 0.717) is 0 Å². The van der Waals surface area contributed by atoms with Gasteiger partial charge in [-0.3, -0.25) is 44.8 Å². The van der Waals surface area contributed by atoms with E-state index in [1.807, 2.05) is 103 Å². The van der Waals surface area contributed by atoms with Gasteiger partial charge in [0.05, 0.1) is 23.7 Å². The second-order valence-electron chi connectivity index (χ2n) is 20.1. The van der Waals surface area contributed by atoms with Crippen molar-refractivity contribution in [1.82, 2.24) is 25.6 Å². The first-order chi connectivity index (χ1) is 37.4. The zero-order valence-electron chi connectivity index (χ0n) is 41.1. The summed E-state index contributed by atoms with van der Waals surface area (Å²) >= 11 is 0. The maximum Gasteiger partial charge on any atom is 0.231 e. The third-order valence-corrected chi connectivity index (χ3v) is 16.1. The zero-order valence-corrected chi connectivity index (χ0v) is 41.1. The number of aromatic nitrogens is 3. The molecule has 11 aromatic rings. The molecule has 4 atom stereocenters. The molecule has 0 radical (unpaired) electrons. The maximum atomic E-state index is 12.8. The number of amides is 4. The van der Waals surface area contributed by atoms with Gasteiger partial charge in [-0.1, -0.05) is 164 Å². The predicted molar refractivity (Wildman–Crippen MR) is 296 cm³/mol. The van der Waals surface area contributed by atoms with Gasteiger partial charge >= 0.3 is 0 Å². The molecule has 4 amide bonds. The molecule has 9 nitrogen and oxygen atoms in total. The predicted octanol–water partition coefficient (Wildman–Crippen LogP) is 12.2. The van der Waals surface area contributed by atoms with Crippen molar-refractivity contribution in [3.63, 3.8) is 0 Å². The van der Waals surface area contributed by atoms with Crippen LogP contribution in [0.3, 0.4) is 0 Å². The molecule has 9 heteroatoms. The highest BCUT2D eigenvalue weighted by atomic mass is 16.2. The van der Waals surface area contributed by atoms with Crippen LogP contribution in [-0.4, -0.2) is 38.6 Å². The fourth-order valence-corrected chi connectivity index (χ4v) is 13.1. The van der Waals surface area contributed by atoms with Crippen LogP contribution in [0.1, 0.15) is 68.2 Å². The fourth-order valence-electron chi connectivity index (χ4n) is 13.1. The quantitative estimate of drug-likeness (QED) is 0.145. The number of carbonyl (C=O) groups is 4. The molecule has 19 rings (SSSR count). The molecule has 76 heavy (non-hydrogen) atoms. The molecule has 5 heterocycles. The molecule has 6 aliphatic carbocycles. The van der Waals surface area contributed by atoms with E-state index in [2.05, 4.69) is 123 Å². The van der Waals surface area contributed by atoms with Gasteiger partial charge < -0.3 is 0 Å². The molecule has 2 saturated heterocycles. The van der Waals surface area contributed by atoms with E-state index in [1.165, 1.54) is 87.6 Å². The fraction of sp³-hybridized carbons (Fsp3) is 0.119. The summed E-state index contributed by atoms with van der Waals surface area (Å²) in [4.78, 5) is 62.6. The monoisotopic (exact) mass is 987 g/mol. The number of carbonyl (C=O) groups excluding carboxylic acids is 4. The van der Waals surface area contributed by atoms with E-state index >= 15 is 0 Å². The summed E-state index contributed by atoms with van der Waals surface area (Å²) < 4.78 is 0. The molecule has 4 bridgehead atoms. The van der Waals surface area contributed by atoms with Crippen LogP contribution in [0.5, 0.6) is 0 Å². The number of fused-ring (bicyclic) bond motifs is 4. The van der Waals surface area contributed by atoms with Gasteiger partial charge in [0.15, 0.2) is 0 Å². The Balaban J connectivity index is 0.000000110. The van der Waals surface area contributed by atoms with E-state index in [4.69, 9.17) is 0 Å². The van der Waals surface area contributed by atoms with Gasteiger partial charge in [0, 0.05) is 60.9 Å². The van der Waals surface area contributed by atoms with Crippen LogP contribution in [-0.2, 0) is 19.2 Å². The Bertz CT molecular complexity index is 3300. The van der Waals surface area contributed by atoms with Gasteiger partial charge in [-0.25, -0.2) is 0 Å². The normalized spacial score (nSPS) is 22.0. The first kappa shape index (κ1) is 46.3. The number of imide groups is 2. The second-order valence-corrected chi connectivity index (χ2v) is 20.1. The minimum Gasteiger partial charge on any atom is -0.296 e. The highest BCUT2D eigenvalue weighted by molar-refractivity contribution is 6.09. The summed E-state index contributed by atoms with van der Waals surface area (Å²) in [7, 11) is 0. The number of nitrogens with zero attached hydrogens (tertiary/aromatic N) is 3. The van der Waals surface area contributed by atoms with Crippen LogP contribution in [0.4, 0.5) is 0 Å². The van der Waals surface area contributed by atoms with E-state index in [9.17, 15) is 19.2 Å². The van der Waals surface area contributed by atoms with E-state index in [1.54, 1.807) is 37.2 Å². The third-order valence-electron chi connectivity index (χ3n) is 16.1. The van der Waals surface area contributed by atoms with Gasteiger partial charge in [0.25, 0.3) is 0 Å². The second kappa shape index (κ2) is 19.4. The summed E-state index contributed by atoms with van der Waals surface area (Å²) in [5, 5.41) is 14.7. The van der Waals surface area contributed by atoms with Crippen molar-refractivity contribution in [1.29, 1.82) is 0 Å². The maximum absolute atomic E-state index is 12.8. The average Bonchev–Trinajstić information content (AvgIpc) is 4.15. The zero-order chi connectivity index (χ0) is 51.3. The Hall–Kier alpha value is -9.47. The summed E-state index contributed by atoms with van der Waals surface area (Å²) in [6.07, 6.45) is 10.5. The molecule has 2 N–H and O–H groups in total. The molecular formula is C67H49N5O4.